The van der Waals surface area contributed by atoms with Crippen LogP contribution in [0.3, 0.4) is 0 Å². The summed E-state index contributed by atoms with van der Waals surface area (Å²) in [6.07, 6.45) is 7.16. The number of rotatable bonds is 6. The Labute approximate surface area is 144 Å². The second kappa shape index (κ2) is 6.55. The van der Waals surface area contributed by atoms with Crippen LogP contribution in [0.25, 0.3) is 22.7 Å². The van der Waals surface area contributed by atoms with Crippen molar-refractivity contribution in [3.63, 3.8) is 0 Å². The minimum atomic E-state index is -0.918. The first-order chi connectivity index (χ1) is 12.2. The maximum Gasteiger partial charge on any atom is 0.308 e. The van der Waals surface area contributed by atoms with Gasteiger partial charge in [0.15, 0.2) is 5.58 Å². The third kappa shape index (κ3) is 3.33. The number of aliphatic carboxylic acids is 1. The van der Waals surface area contributed by atoms with Crippen LogP contribution >= 0.6 is 0 Å². The first-order valence-corrected chi connectivity index (χ1v) is 8.49. The molecule has 128 valence electrons. The molecule has 1 aromatic carbocycles. The standard InChI is InChI=1S/C19H19N3O3/c23-18(24)11-14(19-21-16-6-1-2-7-17(16)25-19)10-15-8-9-20-22(15)12-13-4-3-5-13/h1-2,6-10,13H,3-5,11-12H2,(H,23,24). The highest BCUT2D eigenvalue weighted by atomic mass is 16.4. The number of aromatic nitrogens is 3. The lowest BCUT2D eigenvalue weighted by atomic mass is 9.85. The highest BCUT2D eigenvalue weighted by Crippen LogP contribution is 2.29. The zero-order valence-electron chi connectivity index (χ0n) is 13.8. The Balaban J connectivity index is 1.70. The van der Waals surface area contributed by atoms with E-state index in [1.807, 2.05) is 41.1 Å². The van der Waals surface area contributed by atoms with Crippen molar-refractivity contribution in [2.24, 2.45) is 5.92 Å². The highest BCUT2D eigenvalue weighted by Gasteiger charge is 2.20. The van der Waals surface area contributed by atoms with E-state index in [9.17, 15) is 9.90 Å². The van der Waals surface area contributed by atoms with Crippen molar-refractivity contribution < 1.29 is 14.3 Å². The summed E-state index contributed by atoms with van der Waals surface area (Å²) in [5, 5.41) is 13.7. The van der Waals surface area contributed by atoms with Gasteiger partial charge in [-0.2, -0.15) is 5.10 Å². The van der Waals surface area contributed by atoms with E-state index < -0.39 is 5.97 Å². The number of carboxylic acid groups (broad SMARTS) is 1. The van der Waals surface area contributed by atoms with Gasteiger partial charge in [-0.3, -0.25) is 9.48 Å². The van der Waals surface area contributed by atoms with E-state index in [1.54, 1.807) is 6.20 Å². The first kappa shape index (κ1) is 15.6. The van der Waals surface area contributed by atoms with Gasteiger partial charge in [-0.05, 0) is 43.0 Å². The van der Waals surface area contributed by atoms with Gasteiger partial charge in [0, 0.05) is 18.3 Å². The zero-order chi connectivity index (χ0) is 17.2. The van der Waals surface area contributed by atoms with Crippen molar-refractivity contribution >= 4 is 28.7 Å². The number of benzene rings is 1. The molecule has 0 aliphatic heterocycles. The molecule has 0 unspecified atom stereocenters. The Kier molecular flexibility index (Phi) is 4.09. The van der Waals surface area contributed by atoms with Crippen LogP contribution in [0.4, 0.5) is 0 Å². The molecule has 1 aliphatic carbocycles. The maximum absolute atomic E-state index is 11.3. The summed E-state index contributed by atoms with van der Waals surface area (Å²) in [7, 11) is 0. The van der Waals surface area contributed by atoms with Gasteiger partial charge in [0.25, 0.3) is 0 Å². The number of fused-ring (bicyclic) bond motifs is 1. The van der Waals surface area contributed by atoms with Crippen LogP contribution < -0.4 is 0 Å². The van der Waals surface area contributed by atoms with Crippen LogP contribution in [0.2, 0.25) is 0 Å². The fraction of sp³-hybridized carbons (Fsp3) is 0.316. The van der Waals surface area contributed by atoms with E-state index in [-0.39, 0.29) is 6.42 Å². The largest absolute Gasteiger partial charge is 0.481 e. The summed E-state index contributed by atoms with van der Waals surface area (Å²) in [5.41, 5.74) is 2.79. The topological polar surface area (TPSA) is 81.1 Å². The van der Waals surface area contributed by atoms with Crippen LogP contribution in [0.15, 0.2) is 40.9 Å². The summed E-state index contributed by atoms with van der Waals surface area (Å²) >= 11 is 0. The van der Waals surface area contributed by atoms with Crippen LogP contribution in [-0.2, 0) is 11.3 Å². The van der Waals surface area contributed by atoms with Crippen LogP contribution in [0.1, 0.15) is 37.3 Å². The summed E-state index contributed by atoms with van der Waals surface area (Å²) in [5.74, 6) is 0.0952. The summed E-state index contributed by atoms with van der Waals surface area (Å²) in [6.45, 7) is 0.868. The number of oxazole rings is 1. The average Bonchev–Trinajstić information content (AvgIpc) is 3.16. The van der Waals surface area contributed by atoms with Crippen molar-refractivity contribution in [2.45, 2.75) is 32.2 Å². The smallest absolute Gasteiger partial charge is 0.308 e. The number of carboxylic acids is 1. The minimum Gasteiger partial charge on any atom is -0.481 e. The highest BCUT2D eigenvalue weighted by molar-refractivity contribution is 5.90. The molecule has 0 spiro atoms. The summed E-state index contributed by atoms with van der Waals surface area (Å²) in [4.78, 5) is 15.7. The molecule has 0 bridgehead atoms. The number of hydrogen-bond acceptors (Lipinski definition) is 4. The molecule has 4 rings (SSSR count). The normalized spacial score (nSPS) is 15.4. The second-order valence-electron chi connectivity index (χ2n) is 6.46. The van der Waals surface area contributed by atoms with Crippen molar-refractivity contribution in [1.82, 2.24) is 14.8 Å². The van der Waals surface area contributed by atoms with Gasteiger partial charge in [0.05, 0.1) is 12.1 Å². The Bertz CT molecular complexity index is 901. The Hall–Kier alpha value is -2.89. The van der Waals surface area contributed by atoms with Gasteiger partial charge in [-0.1, -0.05) is 18.6 Å². The molecule has 6 heteroatoms. The fourth-order valence-corrected chi connectivity index (χ4v) is 3.08. The molecule has 0 radical (unpaired) electrons. The van der Waals surface area contributed by atoms with Crippen molar-refractivity contribution in [3.05, 3.63) is 48.1 Å². The molecule has 1 saturated carbocycles. The van der Waals surface area contributed by atoms with Gasteiger partial charge < -0.3 is 9.52 Å². The molecule has 1 fully saturated rings. The lowest BCUT2D eigenvalue weighted by Crippen LogP contribution is -2.19. The third-order valence-corrected chi connectivity index (χ3v) is 4.64. The lowest BCUT2D eigenvalue weighted by Gasteiger charge is -2.25. The maximum atomic E-state index is 11.3. The van der Waals surface area contributed by atoms with Crippen molar-refractivity contribution in [1.29, 1.82) is 0 Å². The van der Waals surface area contributed by atoms with Crippen molar-refractivity contribution in [3.8, 4) is 0 Å². The monoisotopic (exact) mass is 337 g/mol. The zero-order valence-corrected chi connectivity index (χ0v) is 13.8. The Morgan fingerprint density at radius 2 is 2.16 bits per heavy atom. The second-order valence-corrected chi connectivity index (χ2v) is 6.46. The van der Waals surface area contributed by atoms with Gasteiger partial charge in [0.2, 0.25) is 5.89 Å². The van der Waals surface area contributed by atoms with Crippen LogP contribution in [0.5, 0.6) is 0 Å². The van der Waals surface area contributed by atoms with E-state index in [1.165, 1.54) is 19.3 Å². The summed E-state index contributed by atoms with van der Waals surface area (Å²) < 4.78 is 7.70. The molecule has 0 saturated heterocycles. The van der Waals surface area contributed by atoms with Crippen LogP contribution in [-0.4, -0.2) is 25.8 Å². The molecule has 2 heterocycles. The molecule has 2 aromatic heterocycles. The quantitative estimate of drug-likeness (QED) is 0.739. The number of para-hydroxylation sites is 2. The Morgan fingerprint density at radius 1 is 1.32 bits per heavy atom. The number of carbonyl (C=O) groups is 1. The molecular formula is C19H19N3O3. The molecule has 3 aromatic rings. The van der Waals surface area contributed by atoms with Crippen molar-refractivity contribution in [2.75, 3.05) is 0 Å². The van der Waals surface area contributed by atoms with Gasteiger partial charge in [0.1, 0.15) is 5.52 Å². The Morgan fingerprint density at radius 3 is 2.88 bits per heavy atom. The van der Waals surface area contributed by atoms with E-state index in [0.29, 0.717) is 23.0 Å². The van der Waals surface area contributed by atoms with Crippen LogP contribution in [0, 0.1) is 5.92 Å². The predicted octanol–water partition coefficient (Wildman–Crippen LogP) is 3.84. The molecule has 0 atom stereocenters. The minimum absolute atomic E-state index is 0.151. The molecular weight excluding hydrogens is 318 g/mol. The first-order valence-electron chi connectivity index (χ1n) is 8.49. The molecule has 1 N–H and O–H groups in total. The van der Waals surface area contributed by atoms with E-state index in [2.05, 4.69) is 10.1 Å². The predicted molar refractivity (Wildman–Crippen MR) is 93.7 cm³/mol. The third-order valence-electron chi connectivity index (χ3n) is 4.64. The van der Waals surface area contributed by atoms with E-state index in [0.717, 1.165) is 17.8 Å². The van der Waals surface area contributed by atoms with E-state index >= 15 is 0 Å². The lowest BCUT2D eigenvalue weighted by molar-refractivity contribution is -0.135. The average molecular weight is 337 g/mol. The molecule has 6 nitrogen and oxygen atoms in total. The molecule has 25 heavy (non-hydrogen) atoms. The van der Waals surface area contributed by atoms with Gasteiger partial charge >= 0.3 is 5.97 Å². The fourth-order valence-electron chi connectivity index (χ4n) is 3.08. The van der Waals surface area contributed by atoms with Gasteiger partial charge in [-0.25, -0.2) is 4.98 Å². The molecule has 1 aliphatic rings. The van der Waals surface area contributed by atoms with E-state index in [4.69, 9.17) is 4.42 Å². The van der Waals surface area contributed by atoms with Gasteiger partial charge in [-0.15, -0.1) is 0 Å². The SMILES string of the molecule is O=C(O)CC(=Cc1ccnn1CC1CCC1)c1nc2ccccc2o1. The molecule has 0 amide bonds. The summed E-state index contributed by atoms with van der Waals surface area (Å²) in [6, 6.07) is 9.31. The number of hydrogen-bond donors (Lipinski definition) is 1. The number of nitrogens with zero attached hydrogens (tertiary/aromatic N) is 3.